The number of alkyl halides is 3. The van der Waals surface area contributed by atoms with E-state index in [9.17, 15) is 13.2 Å². The fraction of sp³-hybridized carbons (Fsp3) is 0.333. The third-order valence-corrected chi connectivity index (χ3v) is 8.64. The first-order chi connectivity index (χ1) is 7.65. The minimum Gasteiger partial charge on any atom is -0.482 e. The Kier molecular flexibility index (Phi) is 6.37. The van der Waals surface area contributed by atoms with E-state index in [1.807, 2.05) is 52.1 Å². The van der Waals surface area contributed by atoms with Crippen LogP contribution in [-0.4, -0.2) is 12.8 Å². The first kappa shape index (κ1) is 16.8. The molecule has 0 aliphatic rings. The van der Waals surface area contributed by atoms with Crippen LogP contribution >= 0.6 is 90.4 Å². The highest BCUT2D eigenvalue weighted by molar-refractivity contribution is 14.1. The summed E-state index contributed by atoms with van der Waals surface area (Å²) in [5.74, 6) is 0.322. The van der Waals surface area contributed by atoms with E-state index in [0.717, 1.165) is 19.8 Å². The predicted octanol–water partition coefficient (Wildman–Crippen LogP) is 5.35. The third kappa shape index (κ3) is 4.36. The van der Waals surface area contributed by atoms with Crippen molar-refractivity contribution >= 4 is 90.4 Å². The van der Waals surface area contributed by atoms with Crippen molar-refractivity contribution in [3.63, 3.8) is 0 Å². The largest absolute Gasteiger partial charge is 0.482 e. The van der Waals surface area contributed by atoms with Crippen LogP contribution in [0.4, 0.5) is 13.2 Å². The Labute approximate surface area is 151 Å². The molecule has 0 fully saturated rings. The summed E-state index contributed by atoms with van der Waals surface area (Å²) in [7, 11) is 0. The second-order valence-electron chi connectivity index (χ2n) is 3.11. The van der Waals surface area contributed by atoms with Gasteiger partial charge in [0, 0.05) is 7.14 Å². The van der Waals surface area contributed by atoms with Gasteiger partial charge in [0.15, 0.2) is 6.61 Å². The average molecular weight is 694 g/mol. The number of benzene rings is 1. The molecule has 96 valence electrons. The molecule has 0 amide bonds. The summed E-state index contributed by atoms with van der Waals surface area (Å²) in [6, 6.07) is 0. The summed E-state index contributed by atoms with van der Waals surface area (Å²) < 4.78 is 44.7. The van der Waals surface area contributed by atoms with Crippen LogP contribution in [0.1, 0.15) is 5.56 Å². The lowest BCUT2D eigenvalue weighted by atomic mass is 10.2. The molecule has 0 aliphatic carbocycles. The molecule has 0 unspecified atom stereocenters. The Hall–Kier alpha value is 1.73. The Morgan fingerprint density at radius 1 is 0.941 bits per heavy atom. The highest BCUT2D eigenvalue weighted by Gasteiger charge is 2.30. The first-order valence-electron chi connectivity index (χ1n) is 4.17. The van der Waals surface area contributed by atoms with E-state index >= 15 is 0 Å². The van der Waals surface area contributed by atoms with Crippen LogP contribution in [-0.2, 0) is 0 Å². The van der Waals surface area contributed by atoms with Gasteiger partial charge in [0.05, 0.1) is 7.14 Å². The Bertz CT molecular complexity index is 416. The van der Waals surface area contributed by atoms with Crippen LogP contribution < -0.4 is 4.74 Å². The number of ether oxygens (including phenoxy) is 1. The molecule has 0 bridgehead atoms. The fourth-order valence-electron chi connectivity index (χ4n) is 1.00. The van der Waals surface area contributed by atoms with Crippen molar-refractivity contribution in [3.8, 4) is 5.75 Å². The van der Waals surface area contributed by atoms with E-state index in [2.05, 4.69) is 45.2 Å². The predicted molar refractivity (Wildman–Crippen MR) is 93.6 cm³/mol. The van der Waals surface area contributed by atoms with Crippen molar-refractivity contribution < 1.29 is 17.9 Å². The van der Waals surface area contributed by atoms with Gasteiger partial charge < -0.3 is 4.74 Å². The van der Waals surface area contributed by atoms with Crippen LogP contribution in [0.15, 0.2) is 0 Å². The van der Waals surface area contributed by atoms with E-state index in [1.165, 1.54) is 0 Å². The maximum Gasteiger partial charge on any atom is 0.422 e. The standard InChI is InChI=1S/C9H5F3I4O/c1-3-4(13)6(15)8(7(16)5(3)14)17-2-9(10,11)12/h2H2,1H3. The smallest absolute Gasteiger partial charge is 0.422 e. The van der Waals surface area contributed by atoms with Crippen molar-refractivity contribution in [1.29, 1.82) is 0 Å². The molecular formula is C9H5F3I4O. The molecule has 0 saturated carbocycles. The molecule has 0 heterocycles. The first-order valence-corrected chi connectivity index (χ1v) is 8.48. The lowest BCUT2D eigenvalue weighted by molar-refractivity contribution is -0.153. The van der Waals surface area contributed by atoms with Crippen molar-refractivity contribution in [2.75, 3.05) is 6.61 Å². The van der Waals surface area contributed by atoms with Gasteiger partial charge in [-0.25, -0.2) is 0 Å². The molecule has 0 aliphatic heterocycles. The Morgan fingerprint density at radius 3 is 1.71 bits per heavy atom. The lowest BCUT2D eigenvalue weighted by Gasteiger charge is -2.16. The molecular weight excluding hydrogens is 689 g/mol. The molecule has 1 aromatic rings. The van der Waals surface area contributed by atoms with Crippen LogP contribution in [0, 0.1) is 21.2 Å². The van der Waals surface area contributed by atoms with Crippen LogP contribution in [0.25, 0.3) is 0 Å². The number of rotatable bonds is 2. The van der Waals surface area contributed by atoms with Gasteiger partial charge in [-0.2, -0.15) is 13.2 Å². The van der Waals surface area contributed by atoms with Crippen molar-refractivity contribution in [2.24, 2.45) is 0 Å². The minimum atomic E-state index is -4.31. The van der Waals surface area contributed by atoms with E-state index in [0.29, 0.717) is 5.75 Å². The third-order valence-electron chi connectivity index (χ3n) is 1.82. The second kappa shape index (κ2) is 6.45. The van der Waals surface area contributed by atoms with Gasteiger partial charge in [-0.05, 0) is 103 Å². The van der Waals surface area contributed by atoms with E-state index in [4.69, 9.17) is 4.74 Å². The average Bonchev–Trinajstić information content (AvgIpc) is 2.22. The quantitative estimate of drug-likeness (QED) is 0.300. The Morgan fingerprint density at radius 2 is 1.35 bits per heavy atom. The summed E-state index contributed by atoms with van der Waals surface area (Å²) in [5.41, 5.74) is 1.07. The zero-order chi connectivity index (χ0) is 13.4. The SMILES string of the molecule is Cc1c(I)c(I)c(OCC(F)(F)F)c(I)c1I. The van der Waals surface area contributed by atoms with Crippen molar-refractivity contribution in [2.45, 2.75) is 13.1 Å². The fourth-order valence-corrected chi connectivity index (χ4v) is 4.72. The molecule has 0 aromatic heterocycles. The van der Waals surface area contributed by atoms with E-state index < -0.39 is 12.8 Å². The molecule has 1 rings (SSSR count). The van der Waals surface area contributed by atoms with Gasteiger partial charge in [0.1, 0.15) is 5.75 Å². The second-order valence-corrected chi connectivity index (χ2v) is 7.43. The van der Waals surface area contributed by atoms with E-state index in [-0.39, 0.29) is 0 Å². The summed E-state index contributed by atoms with van der Waals surface area (Å²) in [6.07, 6.45) is -4.31. The summed E-state index contributed by atoms with van der Waals surface area (Å²) in [5, 5.41) is 0. The van der Waals surface area contributed by atoms with Gasteiger partial charge in [-0.1, -0.05) is 0 Å². The maximum atomic E-state index is 12.2. The monoisotopic (exact) mass is 694 g/mol. The Balaban J connectivity index is 3.16. The molecule has 0 saturated heterocycles. The lowest BCUT2D eigenvalue weighted by Crippen LogP contribution is -2.20. The van der Waals surface area contributed by atoms with Gasteiger partial charge in [-0.3, -0.25) is 0 Å². The normalized spacial score (nSPS) is 11.8. The zero-order valence-corrected chi connectivity index (χ0v) is 16.9. The highest BCUT2D eigenvalue weighted by atomic mass is 127. The van der Waals surface area contributed by atoms with E-state index in [1.54, 1.807) is 0 Å². The van der Waals surface area contributed by atoms with Gasteiger partial charge in [0.2, 0.25) is 0 Å². The maximum absolute atomic E-state index is 12.2. The van der Waals surface area contributed by atoms with Crippen LogP contribution in [0.2, 0.25) is 0 Å². The van der Waals surface area contributed by atoms with Crippen LogP contribution in [0.3, 0.4) is 0 Å². The zero-order valence-electron chi connectivity index (χ0n) is 8.26. The molecule has 1 aromatic carbocycles. The van der Waals surface area contributed by atoms with Crippen molar-refractivity contribution in [3.05, 3.63) is 19.8 Å². The summed E-state index contributed by atoms with van der Waals surface area (Å²) in [6.45, 7) is 0.690. The molecule has 0 radical (unpaired) electrons. The summed E-state index contributed by atoms with van der Waals surface area (Å²) in [4.78, 5) is 0. The van der Waals surface area contributed by atoms with Crippen molar-refractivity contribution in [1.82, 2.24) is 0 Å². The molecule has 1 nitrogen and oxygen atoms in total. The molecule has 8 heteroatoms. The highest BCUT2D eigenvalue weighted by Crippen LogP contribution is 2.38. The number of hydrogen-bond acceptors (Lipinski definition) is 1. The minimum absolute atomic E-state index is 0.322. The van der Waals surface area contributed by atoms with Gasteiger partial charge in [0.25, 0.3) is 0 Å². The topological polar surface area (TPSA) is 9.23 Å². The van der Waals surface area contributed by atoms with Gasteiger partial charge in [-0.15, -0.1) is 0 Å². The van der Waals surface area contributed by atoms with Gasteiger partial charge >= 0.3 is 6.18 Å². The molecule has 0 spiro atoms. The number of halogens is 7. The molecule has 0 atom stereocenters. The molecule has 0 N–H and O–H groups in total. The van der Waals surface area contributed by atoms with Crippen LogP contribution in [0.5, 0.6) is 5.75 Å². The number of hydrogen-bond donors (Lipinski definition) is 0. The summed E-state index contributed by atoms with van der Waals surface area (Å²) >= 11 is 8.27. The molecule has 17 heavy (non-hydrogen) atoms.